The van der Waals surface area contributed by atoms with Crippen molar-refractivity contribution in [2.45, 2.75) is 13.3 Å². The van der Waals surface area contributed by atoms with Gasteiger partial charge in [0.25, 0.3) is 0 Å². The number of aliphatic hydroxyl groups excluding tert-OH is 1. The molecule has 2 amide bonds. The third-order valence-corrected chi connectivity index (χ3v) is 0.775. The van der Waals surface area contributed by atoms with E-state index in [9.17, 15) is 4.79 Å². The molecule has 0 spiro atoms. The molecule has 0 aliphatic rings. The molecule has 0 saturated heterocycles. The lowest BCUT2D eigenvalue weighted by Crippen LogP contribution is -2.36. The Morgan fingerprint density at radius 1 is 1.56 bits per heavy atom. The second kappa shape index (κ2) is 5.37. The Morgan fingerprint density at radius 2 is 2.22 bits per heavy atom. The number of amides is 2. The fourth-order valence-electron chi connectivity index (χ4n) is 0.373. The monoisotopic (exact) mass is 132 g/mol. The first-order chi connectivity index (χ1) is 4.31. The zero-order valence-corrected chi connectivity index (χ0v) is 5.48. The van der Waals surface area contributed by atoms with Crippen LogP contribution in [0.5, 0.6) is 0 Å². The van der Waals surface area contributed by atoms with Gasteiger partial charge >= 0.3 is 6.03 Å². The summed E-state index contributed by atoms with van der Waals surface area (Å²) < 4.78 is 0. The summed E-state index contributed by atoms with van der Waals surface area (Å²) >= 11 is 0. The molecule has 0 aromatic carbocycles. The maximum absolute atomic E-state index is 10.4. The summed E-state index contributed by atoms with van der Waals surface area (Å²) in [5.74, 6) is 0. The third-order valence-electron chi connectivity index (χ3n) is 0.775. The van der Waals surface area contributed by atoms with Crippen molar-refractivity contribution in [2.24, 2.45) is 0 Å². The van der Waals surface area contributed by atoms with E-state index in [1.807, 2.05) is 6.92 Å². The van der Waals surface area contributed by atoms with Gasteiger partial charge in [-0.25, -0.2) is 4.79 Å². The Balaban J connectivity index is 3.06. The summed E-state index contributed by atoms with van der Waals surface area (Å²) in [6.07, 6.45) is 0.902. The van der Waals surface area contributed by atoms with Gasteiger partial charge in [-0.1, -0.05) is 6.92 Å². The minimum absolute atomic E-state index is 0.310. The highest BCUT2D eigenvalue weighted by atomic mass is 16.3. The van der Waals surface area contributed by atoms with E-state index in [0.29, 0.717) is 6.54 Å². The van der Waals surface area contributed by atoms with Crippen LogP contribution in [0.15, 0.2) is 0 Å². The molecule has 0 bridgehead atoms. The Morgan fingerprint density at radius 3 is 2.67 bits per heavy atom. The number of nitrogens with one attached hydrogen (secondary N) is 2. The lowest BCUT2D eigenvalue weighted by atomic mass is 10.5. The highest BCUT2D eigenvalue weighted by molar-refractivity contribution is 5.73. The highest BCUT2D eigenvalue weighted by Crippen LogP contribution is 1.69. The van der Waals surface area contributed by atoms with Crippen molar-refractivity contribution in [1.29, 1.82) is 0 Å². The molecule has 4 heteroatoms. The maximum Gasteiger partial charge on any atom is 0.316 e. The average molecular weight is 132 g/mol. The molecule has 0 heterocycles. The van der Waals surface area contributed by atoms with E-state index in [4.69, 9.17) is 5.11 Å². The number of urea groups is 1. The zero-order valence-electron chi connectivity index (χ0n) is 5.48. The number of hydrogen-bond acceptors (Lipinski definition) is 2. The van der Waals surface area contributed by atoms with Gasteiger partial charge in [0.05, 0.1) is 0 Å². The minimum Gasteiger partial charge on any atom is -0.376 e. The fourth-order valence-corrected chi connectivity index (χ4v) is 0.373. The van der Waals surface area contributed by atoms with E-state index in [1.54, 1.807) is 0 Å². The van der Waals surface area contributed by atoms with Gasteiger partial charge in [-0.15, -0.1) is 0 Å². The molecule has 4 nitrogen and oxygen atoms in total. The molecular formula is C5H12N2O2. The van der Waals surface area contributed by atoms with Gasteiger partial charge in [0.1, 0.15) is 6.73 Å². The largest absolute Gasteiger partial charge is 0.376 e. The normalized spacial score (nSPS) is 8.67. The molecular weight excluding hydrogens is 120 g/mol. The van der Waals surface area contributed by atoms with Gasteiger partial charge in [-0.3, -0.25) is 0 Å². The lowest BCUT2D eigenvalue weighted by Gasteiger charge is -2.01. The van der Waals surface area contributed by atoms with Crippen LogP contribution in [0.4, 0.5) is 4.79 Å². The smallest absolute Gasteiger partial charge is 0.316 e. The number of carbonyl (C=O) groups is 1. The predicted molar refractivity (Wildman–Crippen MR) is 33.9 cm³/mol. The van der Waals surface area contributed by atoms with Gasteiger partial charge in [-0.05, 0) is 6.42 Å². The molecule has 3 N–H and O–H groups in total. The van der Waals surface area contributed by atoms with E-state index < -0.39 is 0 Å². The van der Waals surface area contributed by atoms with Crippen molar-refractivity contribution in [2.75, 3.05) is 13.3 Å². The Kier molecular flexibility index (Phi) is 4.91. The Labute approximate surface area is 54.3 Å². The van der Waals surface area contributed by atoms with Crippen LogP contribution in [0.3, 0.4) is 0 Å². The quantitative estimate of drug-likeness (QED) is 0.459. The Hall–Kier alpha value is -0.770. The lowest BCUT2D eigenvalue weighted by molar-refractivity contribution is 0.218. The summed E-state index contributed by atoms with van der Waals surface area (Å²) in [5, 5.41) is 12.9. The van der Waals surface area contributed by atoms with Crippen LogP contribution >= 0.6 is 0 Å². The van der Waals surface area contributed by atoms with E-state index in [0.717, 1.165) is 6.42 Å². The van der Waals surface area contributed by atoms with Crippen molar-refractivity contribution in [3.8, 4) is 0 Å². The molecule has 0 saturated carbocycles. The van der Waals surface area contributed by atoms with Crippen LogP contribution in [0.2, 0.25) is 0 Å². The second-order valence-corrected chi connectivity index (χ2v) is 1.59. The molecule has 0 aliphatic carbocycles. The van der Waals surface area contributed by atoms with Crippen LogP contribution in [-0.2, 0) is 0 Å². The summed E-state index contributed by atoms with van der Waals surface area (Å²) in [6.45, 7) is 2.29. The maximum atomic E-state index is 10.4. The molecule has 9 heavy (non-hydrogen) atoms. The Bertz CT molecular complexity index is 85.0. The van der Waals surface area contributed by atoms with Crippen molar-refractivity contribution >= 4 is 6.03 Å². The first-order valence-electron chi connectivity index (χ1n) is 2.93. The van der Waals surface area contributed by atoms with Crippen molar-refractivity contribution in [3.05, 3.63) is 0 Å². The van der Waals surface area contributed by atoms with Gasteiger partial charge in [0, 0.05) is 6.54 Å². The predicted octanol–water partition coefficient (Wildman–Crippen LogP) is -0.355. The van der Waals surface area contributed by atoms with Crippen molar-refractivity contribution in [3.63, 3.8) is 0 Å². The fraction of sp³-hybridized carbons (Fsp3) is 0.800. The first-order valence-corrected chi connectivity index (χ1v) is 2.93. The van der Waals surface area contributed by atoms with E-state index in [-0.39, 0.29) is 12.8 Å². The van der Waals surface area contributed by atoms with E-state index in [2.05, 4.69) is 10.6 Å². The number of hydrogen-bond donors (Lipinski definition) is 3. The zero-order chi connectivity index (χ0) is 7.11. The third kappa shape index (κ3) is 5.10. The van der Waals surface area contributed by atoms with Gasteiger partial charge < -0.3 is 15.7 Å². The minimum atomic E-state index is -0.320. The van der Waals surface area contributed by atoms with Crippen LogP contribution in [0, 0.1) is 0 Å². The summed E-state index contributed by atoms with van der Waals surface area (Å²) in [5.41, 5.74) is 0. The van der Waals surface area contributed by atoms with E-state index in [1.165, 1.54) is 0 Å². The van der Waals surface area contributed by atoms with Gasteiger partial charge in [0.15, 0.2) is 0 Å². The SMILES string of the molecule is CCCNC(=O)NCO. The van der Waals surface area contributed by atoms with E-state index >= 15 is 0 Å². The summed E-state index contributed by atoms with van der Waals surface area (Å²) in [7, 11) is 0. The van der Waals surface area contributed by atoms with Crippen molar-refractivity contribution < 1.29 is 9.90 Å². The molecule has 0 aliphatic heterocycles. The second-order valence-electron chi connectivity index (χ2n) is 1.59. The molecule has 0 radical (unpaired) electrons. The van der Waals surface area contributed by atoms with Crippen LogP contribution in [-0.4, -0.2) is 24.4 Å². The molecule has 0 atom stereocenters. The van der Waals surface area contributed by atoms with Crippen LogP contribution < -0.4 is 10.6 Å². The molecule has 0 unspecified atom stereocenters. The summed E-state index contributed by atoms with van der Waals surface area (Å²) in [6, 6.07) is -0.320. The van der Waals surface area contributed by atoms with Crippen molar-refractivity contribution in [1.82, 2.24) is 10.6 Å². The summed E-state index contributed by atoms with van der Waals surface area (Å²) in [4.78, 5) is 10.4. The van der Waals surface area contributed by atoms with Gasteiger partial charge in [-0.2, -0.15) is 0 Å². The number of rotatable bonds is 3. The molecule has 0 aromatic heterocycles. The molecule has 0 rings (SSSR count). The molecule has 54 valence electrons. The molecule has 0 aromatic rings. The number of aliphatic hydroxyl groups is 1. The standard InChI is InChI=1S/C5H12N2O2/c1-2-3-6-5(9)7-4-8/h8H,2-4H2,1H3,(H2,6,7,9). The average Bonchev–Trinajstić information content (AvgIpc) is 1.85. The topological polar surface area (TPSA) is 61.4 Å². The molecule has 0 fully saturated rings. The van der Waals surface area contributed by atoms with Crippen LogP contribution in [0.25, 0.3) is 0 Å². The van der Waals surface area contributed by atoms with Crippen LogP contribution in [0.1, 0.15) is 13.3 Å². The highest BCUT2D eigenvalue weighted by Gasteiger charge is 1.92. The first kappa shape index (κ1) is 8.23. The van der Waals surface area contributed by atoms with Gasteiger partial charge in [0.2, 0.25) is 0 Å². The number of carbonyl (C=O) groups excluding carboxylic acids is 1.